The van der Waals surface area contributed by atoms with Crippen LogP contribution < -0.4 is 15.4 Å². The van der Waals surface area contributed by atoms with Crippen LogP contribution in [-0.4, -0.2) is 49.4 Å². The zero-order valence-electron chi connectivity index (χ0n) is 21.9. The molecule has 3 amide bonds. The fraction of sp³-hybridized carbons (Fsp3) is 0.655. The van der Waals surface area contributed by atoms with Crippen LogP contribution in [0.4, 0.5) is 0 Å². The molecule has 198 valence electrons. The van der Waals surface area contributed by atoms with Crippen LogP contribution in [0.2, 0.25) is 0 Å². The summed E-state index contributed by atoms with van der Waals surface area (Å²) >= 11 is 0. The summed E-state index contributed by atoms with van der Waals surface area (Å²) in [6.45, 7) is 0.778. The van der Waals surface area contributed by atoms with Gasteiger partial charge in [-0.05, 0) is 81.0 Å². The van der Waals surface area contributed by atoms with Gasteiger partial charge in [-0.2, -0.15) is 5.26 Å². The molecular formula is C29H38N4O4. The van der Waals surface area contributed by atoms with Gasteiger partial charge in [-0.15, -0.1) is 0 Å². The number of nitriles is 1. The molecule has 1 aromatic carbocycles. The number of nitrogens with one attached hydrogen (secondary N) is 2. The van der Waals surface area contributed by atoms with Crippen LogP contribution in [0.5, 0.6) is 5.75 Å². The number of nitrogens with zero attached hydrogens (tertiary/aromatic N) is 2. The second-order valence-corrected chi connectivity index (χ2v) is 11.5. The van der Waals surface area contributed by atoms with Crippen molar-refractivity contribution in [1.82, 2.24) is 15.5 Å². The third-order valence-corrected chi connectivity index (χ3v) is 9.37. The maximum Gasteiger partial charge on any atom is 0.237 e. The highest BCUT2D eigenvalue weighted by Crippen LogP contribution is 2.61. The minimum Gasteiger partial charge on any atom is -0.497 e. The Morgan fingerprint density at radius 1 is 1.16 bits per heavy atom. The minimum absolute atomic E-state index is 0.0244. The van der Waals surface area contributed by atoms with Crippen molar-refractivity contribution in [2.45, 2.75) is 64.0 Å². The third kappa shape index (κ3) is 4.86. The molecule has 1 heterocycles. The van der Waals surface area contributed by atoms with E-state index >= 15 is 0 Å². The molecule has 4 saturated carbocycles. The van der Waals surface area contributed by atoms with Crippen LogP contribution in [0.15, 0.2) is 24.3 Å². The van der Waals surface area contributed by atoms with Gasteiger partial charge < -0.3 is 15.4 Å². The number of amides is 3. The Morgan fingerprint density at radius 3 is 2.54 bits per heavy atom. The fourth-order valence-corrected chi connectivity index (χ4v) is 7.24. The molecule has 8 heteroatoms. The number of carbonyl (C=O) groups is 3. The molecule has 5 fully saturated rings. The molecule has 2 unspecified atom stereocenters. The first kappa shape index (κ1) is 25.7. The van der Waals surface area contributed by atoms with E-state index in [1.807, 2.05) is 31.3 Å². The standard InChI is InChI=1S/C29H38N4O4/c1-31-23(14-18-4-5-18)26(34)32-13-3-12-29(17-30)15-20-8-11-22(29)25-24(20)27(35)33(28(25)36)16-19-6-9-21(37-2)10-7-19/h6-7,9-10,18,20,22-25,31H,3-5,8,11-16H2,1-2H3,(H,32,34)/t20?,22-,23+,24+,25-,29?/m1/s1. The predicted octanol–water partition coefficient (Wildman–Crippen LogP) is 3.02. The lowest BCUT2D eigenvalue weighted by Gasteiger charge is -2.52. The number of methoxy groups -OCH3 is 1. The molecule has 0 aromatic heterocycles. The van der Waals surface area contributed by atoms with Crippen LogP contribution in [0, 0.1) is 46.3 Å². The minimum atomic E-state index is -0.614. The Kier molecular flexibility index (Phi) is 7.26. The van der Waals surface area contributed by atoms with Gasteiger partial charge in [-0.1, -0.05) is 25.0 Å². The number of fused-ring (bicyclic) bond motifs is 2. The molecule has 6 atom stereocenters. The SMILES string of the molecule is CN[C@@H](CC1CC1)C(=O)NCCCC1(C#N)CC2CC[C@@H]1[C@H]1C(=O)N(Cc3ccc(OC)cc3)C(=O)[C@@H]21. The molecule has 1 aromatic rings. The molecule has 5 aliphatic rings. The van der Waals surface area contributed by atoms with Gasteiger partial charge in [0.15, 0.2) is 0 Å². The Bertz CT molecular complexity index is 1080. The smallest absolute Gasteiger partial charge is 0.237 e. The van der Waals surface area contributed by atoms with Gasteiger partial charge in [-0.25, -0.2) is 0 Å². The molecule has 1 saturated heterocycles. The highest BCUT2D eigenvalue weighted by atomic mass is 16.5. The van der Waals surface area contributed by atoms with Crippen LogP contribution in [0.25, 0.3) is 0 Å². The predicted molar refractivity (Wildman–Crippen MR) is 137 cm³/mol. The number of rotatable bonds is 11. The van der Waals surface area contributed by atoms with Gasteiger partial charge in [0.2, 0.25) is 17.7 Å². The van der Waals surface area contributed by atoms with Gasteiger partial charge in [0.25, 0.3) is 0 Å². The van der Waals surface area contributed by atoms with E-state index in [1.165, 1.54) is 17.7 Å². The van der Waals surface area contributed by atoms with Gasteiger partial charge in [-0.3, -0.25) is 19.3 Å². The van der Waals surface area contributed by atoms with E-state index in [-0.39, 0.29) is 48.1 Å². The maximum absolute atomic E-state index is 13.6. The van der Waals surface area contributed by atoms with Crippen molar-refractivity contribution in [3.05, 3.63) is 29.8 Å². The van der Waals surface area contributed by atoms with Crippen LogP contribution in [-0.2, 0) is 20.9 Å². The van der Waals surface area contributed by atoms with E-state index in [0.717, 1.165) is 30.6 Å². The summed E-state index contributed by atoms with van der Waals surface area (Å²) in [6, 6.07) is 9.88. The lowest BCUT2D eigenvalue weighted by molar-refractivity contribution is -0.141. The molecule has 0 spiro atoms. The zero-order chi connectivity index (χ0) is 26.2. The van der Waals surface area contributed by atoms with Crippen molar-refractivity contribution in [2.24, 2.45) is 35.0 Å². The lowest BCUT2D eigenvalue weighted by atomic mass is 9.48. The van der Waals surface area contributed by atoms with Crippen LogP contribution >= 0.6 is 0 Å². The van der Waals surface area contributed by atoms with E-state index in [0.29, 0.717) is 31.7 Å². The Balaban J connectivity index is 1.23. The molecule has 8 nitrogen and oxygen atoms in total. The summed E-state index contributed by atoms with van der Waals surface area (Å²) in [5.74, 6) is 0.466. The first-order valence-electron chi connectivity index (χ1n) is 13.7. The first-order valence-corrected chi connectivity index (χ1v) is 13.7. The van der Waals surface area contributed by atoms with Gasteiger partial charge in [0, 0.05) is 6.54 Å². The normalized spacial score (nSPS) is 31.1. The van der Waals surface area contributed by atoms with Crippen molar-refractivity contribution in [3.8, 4) is 11.8 Å². The van der Waals surface area contributed by atoms with Crippen molar-refractivity contribution in [1.29, 1.82) is 5.26 Å². The third-order valence-electron chi connectivity index (χ3n) is 9.37. The number of hydrogen-bond donors (Lipinski definition) is 2. The molecule has 2 bridgehead atoms. The van der Waals surface area contributed by atoms with E-state index in [4.69, 9.17) is 4.74 Å². The summed E-state index contributed by atoms with van der Waals surface area (Å²) in [4.78, 5) is 41.0. The zero-order valence-corrected chi connectivity index (χ0v) is 21.9. The number of likely N-dealkylation sites (tertiary alicyclic amines) is 1. The number of hydrogen-bond acceptors (Lipinski definition) is 6. The molecule has 0 radical (unpaired) electrons. The molecule has 1 aliphatic heterocycles. The maximum atomic E-state index is 13.6. The van der Waals surface area contributed by atoms with Crippen LogP contribution in [0.1, 0.15) is 56.9 Å². The molecule has 2 N–H and O–H groups in total. The number of benzene rings is 1. The quantitative estimate of drug-likeness (QED) is 0.353. The Labute approximate surface area is 219 Å². The largest absolute Gasteiger partial charge is 0.497 e. The Hall–Kier alpha value is -2.92. The highest BCUT2D eigenvalue weighted by Gasteiger charge is 2.65. The highest BCUT2D eigenvalue weighted by molar-refractivity contribution is 6.05. The number of imide groups is 1. The van der Waals surface area contributed by atoms with Gasteiger partial charge in [0.1, 0.15) is 5.75 Å². The summed E-state index contributed by atoms with van der Waals surface area (Å²) in [6.07, 6.45) is 6.99. The average molecular weight is 507 g/mol. The number of ether oxygens (including phenoxy) is 1. The van der Waals surface area contributed by atoms with Gasteiger partial charge >= 0.3 is 0 Å². The van der Waals surface area contributed by atoms with E-state index in [1.54, 1.807) is 7.11 Å². The monoisotopic (exact) mass is 506 g/mol. The molecule has 6 rings (SSSR count). The topological polar surface area (TPSA) is 112 Å². The number of likely N-dealkylation sites (N-methyl/N-ethyl adjacent to an activating group) is 1. The fourth-order valence-electron chi connectivity index (χ4n) is 7.24. The molecule has 4 aliphatic carbocycles. The van der Waals surface area contributed by atoms with Gasteiger partial charge in [0.05, 0.1) is 43.0 Å². The van der Waals surface area contributed by atoms with E-state index in [2.05, 4.69) is 16.7 Å². The summed E-state index contributed by atoms with van der Waals surface area (Å²) in [7, 11) is 3.43. The Morgan fingerprint density at radius 2 is 1.89 bits per heavy atom. The van der Waals surface area contributed by atoms with E-state index < -0.39 is 11.3 Å². The van der Waals surface area contributed by atoms with E-state index in [9.17, 15) is 19.6 Å². The first-order chi connectivity index (χ1) is 17.9. The summed E-state index contributed by atoms with van der Waals surface area (Å²) < 4.78 is 5.21. The second-order valence-electron chi connectivity index (χ2n) is 11.5. The van der Waals surface area contributed by atoms with Crippen molar-refractivity contribution >= 4 is 17.7 Å². The summed E-state index contributed by atoms with van der Waals surface area (Å²) in [5, 5.41) is 16.5. The van der Waals surface area contributed by atoms with Crippen molar-refractivity contribution < 1.29 is 19.1 Å². The number of carbonyl (C=O) groups excluding carboxylic acids is 3. The molecule has 37 heavy (non-hydrogen) atoms. The van der Waals surface area contributed by atoms with Crippen LogP contribution in [0.3, 0.4) is 0 Å². The summed E-state index contributed by atoms with van der Waals surface area (Å²) in [5.41, 5.74) is 0.273. The van der Waals surface area contributed by atoms with Crippen molar-refractivity contribution in [3.63, 3.8) is 0 Å². The molecular weight excluding hydrogens is 468 g/mol. The lowest BCUT2D eigenvalue weighted by Crippen LogP contribution is -2.52. The second kappa shape index (κ2) is 10.4. The van der Waals surface area contributed by atoms with Crippen molar-refractivity contribution in [2.75, 3.05) is 20.7 Å². The average Bonchev–Trinajstić information content (AvgIpc) is 3.72.